The zero-order chi connectivity index (χ0) is 22.3. The predicted molar refractivity (Wildman–Crippen MR) is 124 cm³/mol. The van der Waals surface area contributed by atoms with Crippen molar-refractivity contribution < 1.29 is 14.3 Å². The molecular formula is C26H25N3O3. The fraction of sp³-hybridized carbons (Fsp3) is 0.231. The summed E-state index contributed by atoms with van der Waals surface area (Å²) in [5.74, 6) is 1.33. The standard InChI is InChI=1S/C26H25N3O3/c1-26(2)16-29(15-17-5-4-6-21(11-17)31-3)25(30)22-8-7-18(13-23(22)32-26)20-12-19-9-10-27-24(19)28-14-20/h4-14H,15-16H2,1-3H3,(H,27,28). The SMILES string of the molecule is COc1cccc(CN2CC(C)(C)Oc3cc(-c4cnc5[nH]ccc5c4)ccc3C2=O)c1. The minimum atomic E-state index is -0.540. The lowest BCUT2D eigenvalue weighted by Crippen LogP contribution is -2.42. The van der Waals surface area contributed by atoms with Crippen LogP contribution in [0.25, 0.3) is 22.2 Å². The molecule has 0 saturated heterocycles. The fourth-order valence-electron chi connectivity index (χ4n) is 4.21. The smallest absolute Gasteiger partial charge is 0.258 e. The normalized spacial score (nSPS) is 15.2. The maximum absolute atomic E-state index is 13.5. The summed E-state index contributed by atoms with van der Waals surface area (Å²) >= 11 is 0. The van der Waals surface area contributed by atoms with Gasteiger partial charge in [0.05, 0.1) is 19.2 Å². The van der Waals surface area contributed by atoms with E-state index >= 15 is 0 Å². The molecule has 0 aliphatic carbocycles. The molecule has 32 heavy (non-hydrogen) atoms. The van der Waals surface area contributed by atoms with Gasteiger partial charge in [0, 0.05) is 29.9 Å². The van der Waals surface area contributed by atoms with Crippen molar-refractivity contribution in [3.05, 3.63) is 78.1 Å². The Labute approximate surface area is 186 Å². The van der Waals surface area contributed by atoms with Crippen LogP contribution in [-0.4, -0.2) is 40.0 Å². The molecule has 1 amide bonds. The number of fused-ring (bicyclic) bond motifs is 2. The third-order valence-corrected chi connectivity index (χ3v) is 5.70. The van der Waals surface area contributed by atoms with Crippen LogP contribution in [-0.2, 0) is 6.54 Å². The summed E-state index contributed by atoms with van der Waals surface area (Å²) in [5, 5.41) is 1.04. The molecule has 0 unspecified atom stereocenters. The fourth-order valence-corrected chi connectivity index (χ4v) is 4.21. The van der Waals surface area contributed by atoms with Crippen molar-refractivity contribution in [2.75, 3.05) is 13.7 Å². The van der Waals surface area contributed by atoms with E-state index in [-0.39, 0.29) is 5.91 Å². The first kappa shape index (κ1) is 20.1. The summed E-state index contributed by atoms with van der Waals surface area (Å²) in [4.78, 5) is 22.9. The van der Waals surface area contributed by atoms with Crippen LogP contribution < -0.4 is 9.47 Å². The van der Waals surface area contributed by atoms with E-state index in [2.05, 4.69) is 16.0 Å². The molecule has 4 aromatic rings. The van der Waals surface area contributed by atoms with Crippen molar-refractivity contribution in [1.29, 1.82) is 0 Å². The Bertz CT molecular complexity index is 1310. The topological polar surface area (TPSA) is 67.5 Å². The molecule has 2 aromatic heterocycles. The van der Waals surface area contributed by atoms with Gasteiger partial charge in [-0.25, -0.2) is 4.98 Å². The Morgan fingerprint density at radius 3 is 2.84 bits per heavy atom. The van der Waals surface area contributed by atoms with E-state index in [0.717, 1.165) is 33.5 Å². The van der Waals surface area contributed by atoms with Gasteiger partial charge in [0.2, 0.25) is 0 Å². The van der Waals surface area contributed by atoms with Crippen LogP contribution in [0.5, 0.6) is 11.5 Å². The summed E-state index contributed by atoms with van der Waals surface area (Å²) in [6.45, 7) is 4.98. The molecule has 2 aromatic carbocycles. The first-order chi connectivity index (χ1) is 15.4. The molecule has 0 saturated carbocycles. The van der Waals surface area contributed by atoms with E-state index in [1.165, 1.54) is 0 Å². The highest BCUT2D eigenvalue weighted by Gasteiger charge is 2.34. The van der Waals surface area contributed by atoms with E-state index < -0.39 is 5.60 Å². The van der Waals surface area contributed by atoms with Gasteiger partial charge >= 0.3 is 0 Å². The van der Waals surface area contributed by atoms with Gasteiger partial charge in [-0.3, -0.25) is 4.79 Å². The largest absolute Gasteiger partial charge is 0.497 e. The molecule has 0 spiro atoms. The Morgan fingerprint density at radius 1 is 1.12 bits per heavy atom. The summed E-state index contributed by atoms with van der Waals surface area (Å²) in [5.41, 5.74) is 3.83. The van der Waals surface area contributed by atoms with Crippen LogP contribution in [0.2, 0.25) is 0 Å². The molecule has 162 valence electrons. The number of nitrogens with zero attached hydrogens (tertiary/aromatic N) is 2. The number of amides is 1. The molecule has 3 heterocycles. The van der Waals surface area contributed by atoms with Gasteiger partial charge in [-0.05, 0) is 61.4 Å². The number of carbonyl (C=O) groups excluding carboxylic acids is 1. The number of aromatic amines is 1. The van der Waals surface area contributed by atoms with Crippen LogP contribution in [0.1, 0.15) is 29.8 Å². The Kier molecular flexibility index (Phi) is 4.85. The number of ether oxygens (including phenoxy) is 2. The molecule has 6 heteroatoms. The number of aromatic nitrogens is 2. The monoisotopic (exact) mass is 427 g/mol. The number of methoxy groups -OCH3 is 1. The van der Waals surface area contributed by atoms with Crippen LogP contribution in [0.3, 0.4) is 0 Å². The van der Waals surface area contributed by atoms with E-state index in [4.69, 9.17) is 9.47 Å². The zero-order valence-corrected chi connectivity index (χ0v) is 18.4. The van der Waals surface area contributed by atoms with Gasteiger partial charge in [-0.15, -0.1) is 0 Å². The molecule has 1 aliphatic heterocycles. The van der Waals surface area contributed by atoms with Crippen LogP contribution in [0.4, 0.5) is 0 Å². The molecule has 0 bridgehead atoms. The van der Waals surface area contributed by atoms with Gasteiger partial charge in [-0.2, -0.15) is 0 Å². The van der Waals surface area contributed by atoms with Crippen molar-refractivity contribution in [2.24, 2.45) is 0 Å². The minimum Gasteiger partial charge on any atom is -0.497 e. The quantitative estimate of drug-likeness (QED) is 0.495. The van der Waals surface area contributed by atoms with E-state index in [1.807, 2.05) is 79.7 Å². The summed E-state index contributed by atoms with van der Waals surface area (Å²) < 4.78 is 11.7. The number of hydrogen-bond donors (Lipinski definition) is 1. The van der Waals surface area contributed by atoms with Crippen LogP contribution in [0, 0.1) is 0 Å². The van der Waals surface area contributed by atoms with E-state index in [1.54, 1.807) is 7.11 Å². The minimum absolute atomic E-state index is 0.0424. The first-order valence-corrected chi connectivity index (χ1v) is 10.6. The van der Waals surface area contributed by atoms with Gasteiger partial charge in [0.15, 0.2) is 0 Å². The maximum Gasteiger partial charge on any atom is 0.258 e. The van der Waals surface area contributed by atoms with Crippen molar-refractivity contribution in [3.8, 4) is 22.6 Å². The predicted octanol–water partition coefficient (Wildman–Crippen LogP) is 5.05. The first-order valence-electron chi connectivity index (χ1n) is 10.6. The molecule has 5 rings (SSSR count). The number of rotatable bonds is 4. The van der Waals surface area contributed by atoms with Crippen LogP contribution >= 0.6 is 0 Å². The number of benzene rings is 2. The molecular weight excluding hydrogens is 402 g/mol. The molecule has 0 atom stereocenters. The second-order valence-corrected chi connectivity index (χ2v) is 8.72. The highest BCUT2D eigenvalue weighted by molar-refractivity contribution is 5.98. The van der Waals surface area contributed by atoms with Crippen molar-refractivity contribution >= 4 is 16.9 Å². The number of nitrogens with one attached hydrogen (secondary N) is 1. The van der Waals surface area contributed by atoms with Gasteiger partial charge in [-0.1, -0.05) is 18.2 Å². The number of H-pyrrole nitrogens is 1. The second kappa shape index (κ2) is 7.71. The Balaban J connectivity index is 1.50. The average molecular weight is 428 g/mol. The molecule has 6 nitrogen and oxygen atoms in total. The summed E-state index contributed by atoms with van der Waals surface area (Å²) in [7, 11) is 1.64. The lowest BCUT2D eigenvalue weighted by Gasteiger charge is -2.29. The third kappa shape index (κ3) is 3.80. The molecule has 0 radical (unpaired) electrons. The molecule has 1 N–H and O–H groups in total. The Hall–Kier alpha value is -3.80. The summed E-state index contributed by atoms with van der Waals surface area (Å²) in [6.07, 6.45) is 3.71. The average Bonchev–Trinajstić information content (AvgIpc) is 3.22. The van der Waals surface area contributed by atoms with Crippen molar-refractivity contribution in [3.63, 3.8) is 0 Å². The zero-order valence-electron chi connectivity index (χ0n) is 18.4. The van der Waals surface area contributed by atoms with Crippen molar-refractivity contribution in [1.82, 2.24) is 14.9 Å². The number of hydrogen-bond acceptors (Lipinski definition) is 4. The third-order valence-electron chi connectivity index (χ3n) is 5.70. The maximum atomic E-state index is 13.5. The van der Waals surface area contributed by atoms with Crippen molar-refractivity contribution in [2.45, 2.75) is 26.0 Å². The Morgan fingerprint density at radius 2 is 2.00 bits per heavy atom. The molecule has 1 aliphatic rings. The molecule has 0 fully saturated rings. The highest BCUT2D eigenvalue weighted by Crippen LogP contribution is 2.34. The van der Waals surface area contributed by atoms with Gasteiger partial charge in [0.1, 0.15) is 22.7 Å². The van der Waals surface area contributed by atoms with E-state index in [9.17, 15) is 4.79 Å². The second-order valence-electron chi connectivity index (χ2n) is 8.72. The highest BCUT2D eigenvalue weighted by atomic mass is 16.5. The number of carbonyl (C=O) groups is 1. The van der Waals surface area contributed by atoms with E-state index in [0.29, 0.717) is 24.4 Å². The lowest BCUT2D eigenvalue weighted by atomic mass is 10.0. The summed E-state index contributed by atoms with van der Waals surface area (Å²) in [6, 6.07) is 17.6. The van der Waals surface area contributed by atoms with Gasteiger partial charge in [0.25, 0.3) is 5.91 Å². The van der Waals surface area contributed by atoms with Gasteiger partial charge < -0.3 is 19.4 Å². The number of pyridine rings is 1. The van der Waals surface area contributed by atoms with Crippen LogP contribution in [0.15, 0.2) is 67.0 Å². The lowest BCUT2D eigenvalue weighted by molar-refractivity contribution is 0.0520.